The average molecular weight is 440 g/mol. The van der Waals surface area contributed by atoms with Crippen molar-refractivity contribution in [2.24, 2.45) is 0 Å². The van der Waals surface area contributed by atoms with Gasteiger partial charge in [0.2, 0.25) is 5.91 Å². The Bertz CT molecular complexity index is 1030. The first-order valence-corrected chi connectivity index (χ1v) is 11.5. The maximum absolute atomic E-state index is 12.9. The van der Waals surface area contributed by atoms with E-state index < -0.39 is 0 Å². The molecular weight excluding hydrogens is 410 g/mol. The van der Waals surface area contributed by atoms with E-state index in [0.717, 1.165) is 41.8 Å². The number of aromatic nitrogens is 3. The van der Waals surface area contributed by atoms with Crippen LogP contribution in [0.15, 0.2) is 35.7 Å². The van der Waals surface area contributed by atoms with Gasteiger partial charge in [-0.05, 0) is 37.8 Å². The van der Waals surface area contributed by atoms with Crippen molar-refractivity contribution in [2.45, 2.75) is 53.0 Å². The third kappa shape index (κ3) is 5.79. The van der Waals surface area contributed by atoms with Crippen LogP contribution in [0.5, 0.6) is 0 Å². The number of amides is 2. The lowest BCUT2D eigenvalue weighted by Crippen LogP contribution is -2.22. The molecule has 2 aromatic heterocycles. The fraction of sp³-hybridized carbons (Fsp3) is 0.391. The van der Waals surface area contributed by atoms with Crippen molar-refractivity contribution < 1.29 is 9.59 Å². The number of aryl methyl sites for hydroxylation is 1. The summed E-state index contributed by atoms with van der Waals surface area (Å²) in [4.78, 5) is 28.4. The molecule has 7 nitrogen and oxygen atoms in total. The quantitative estimate of drug-likeness (QED) is 0.510. The molecule has 0 atom stereocenters. The second-order valence-corrected chi connectivity index (χ2v) is 8.37. The van der Waals surface area contributed by atoms with Crippen LogP contribution < -0.4 is 10.6 Å². The van der Waals surface area contributed by atoms with Crippen molar-refractivity contribution in [3.63, 3.8) is 0 Å². The number of anilines is 1. The number of hydrogen-bond acceptors (Lipinski definition) is 5. The van der Waals surface area contributed by atoms with Crippen LogP contribution in [0, 0.1) is 6.92 Å². The lowest BCUT2D eigenvalue weighted by Gasteiger charge is -2.16. The molecule has 0 aliphatic rings. The van der Waals surface area contributed by atoms with Gasteiger partial charge in [-0.15, -0.1) is 11.3 Å². The molecule has 2 amide bonds. The van der Waals surface area contributed by atoms with Crippen LogP contribution in [0.2, 0.25) is 0 Å². The number of nitrogens with zero attached hydrogens (tertiary/aromatic N) is 3. The Morgan fingerprint density at radius 3 is 2.52 bits per heavy atom. The van der Waals surface area contributed by atoms with Crippen molar-refractivity contribution in [3.8, 4) is 11.3 Å². The monoisotopic (exact) mass is 439 g/mol. The second-order valence-electron chi connectivity index (χ2n) is 7.51. The third-order valence-electron chi connectivity index (χ3n) is 5.14. The Labute approximate surface area is 186 Å². The van der Waals surface area contributed by atoms with Gasteiger partial charge in [0.25, 0.3) is 5.91 Å². The fourth-order valence-corrected chi connectivity index (χ4v) is 4.16. The van der Waals surface area contributed by atoms with Gasteiger partial charge in [-0.1, -0.05) is 38.1 Å². The Balaban J connectivity index is 1.68. The number of thiazole rings is 1. The molecule has 0 fully saturated rings. The van der Waals surface area contributed by atoms with Crippen LogP contribution in [0.3, 0.4) is 0 Å². The summed E-state index contributed by atoms with van der Waals surface area (Å²) in [5.74, 6) is -0.214. The van der Waals surface area contributed by atoms with Crippen LogP contribution in [-0.4, -0.2) is 33.1 Å². The summed E-state index contributed by atoms with van der Waals surface area (Å²) in [5.41, 5.74) is 4.34. The van der Waals surface area contributed by atoms with Crippen LogP contribution in [0.25, 0.3) is 11.3 Å². The first kappa shape index (κ1) is 22.7. The van der Waals surface area contributed by atoms with E-state index in [0.29, 0.717) is 17.4 Å². The summed E-state index contributed by atoms with van der Waals surface area (Å²) in [5, 5.41) is 12.7. The number of benzene rings is 1. The van der Waals surface area contributed by atoms with Gasteiger partial charge in [0.05, 0.1) is 17.4 Å². The summed E-state index contributed by atoms with van der Waals surface area (Å²) in [6.07, 6.45) is 2.61. The van der Waals surface area contributed by atoms with E-state index in [-0.39, 0.29) is 17.9 Å². The number of carbonyl (C=O) groups excluding carboxylic acids is 2. The number of hydrogen-bond donors (Lipinski definition) is 2. The maximum Gasteiger partial charge on any atom is 0.275 e. The van der Waals surface area contributed by atoms with Crippen LogP contribution >= 0.6 is 11.3 Å². The van der Waals surface area contributed by atoms with Crippen LogP contribution in [0.4, 0.5) is 5.13 Å². The normalized spacial score (nSPS) is 11.0. The average Bonchev–Trinajstić information content (AvgIpc) is 3.36. The van der Waals surface area contributed by atoms with E-state index in [1.165, 1.54) is 18.3 Å². The molecule has 2 heterocycles. The molecule has 0 saturated carbocycles. The predicted molar refractivity (Wildman–Crippen MR) is 124 cm³/mol. The Morgan fingerprint density at radius 1 is 1.16 bits per heavy atom. The van der Waals surface area contributed by atoms with Gasteiger partial charge in [0.15, 0.2) is 5.13 Å². The molecule has 0 radical (unpaired) electrons. The van der Waals surface area contributed by atoms with E-state index in [4.69, 9.17) is 0 Å². The smallest absolute Gasteiger partial charge is 0.275 e. The highest BCUT2D eigenvalue weighted by molar-refractivity contribution is 7.14. The van der Waals surface area contributed by atoms with Crippen molar-refractivity contribution in [1.82, 2.24) is 20.1 Å². The molecule has 3 aromatic rings. The zero-order valence-electron chi connectivity index (χ0n) is 18.4. The van der Waals surface area contributed by atoms with E-state index in [1.54, 1.807) is 0 Å². The standard InChI is InChI=1S/C23H29N5O2S/c1-5-19(6-2)28-21(13-15(3)27-28)22(30)26-23-25-20(14-31-23)18-9-7-17(8-10-18)11-12-24-16(4)29/h7-10,13-14,19H,5-6,11-12H2,1-4H3,(H,24,29)(H,25,26,30). The van der Waals surface area contributed by atoms with Gasteiger partial charge in [-0.25, -0.2) is 4.98 Å². The lowest BCUT2D eigenvalue weighted by atomic mass is 10.1. The minimum atomic E-state index is -0.193. The molecule has 31 heavy (non-hydrogen) atoms. The van der Waals surface area contributed by atoms with Crippen molar-refractivity contribution in [3.05, 3.63) is 52.7 Å². The van der Waals surface area contributed by atoms with Gasteiger partial charge >= 0.3 is 0 Å². The summed E-state index contributed by atoms with van der Waals surface area (Å²) >= 11 is 1.40. The first-order valence-electron chi connectivity index (χ1n) is 10.6. The molecule has 164 valence electrons. The van der Waals surface area contributed by atoms with Crippen molar-refractivity contribution in [1.29, 1.82) is 0 Å². The first-order chi connectivity index (χ1) is 14.9. The van der Waals surface area contributed by atoms with Gasteiger partial charge in [0, 0.05) is 24.4 Å². The highest BCUT2D eigenvalue weighted by atomic mass is 32.1. The molecule has 8 heteroatoms. The Kier molecular flexibility index (Phi) is 7.57. The Morgan fingerprint density at radius 2 is 1.87 bits per heavy atom. The van der Waals surface area contributed by atoms with Gasteiger partial charge in [-0.2, -0.15) is 5.10 Å². The fourth-order valence-electron chi connectivity index (χ4n) is 3.45. The van der Waals surface area contributed by atoms with E-state index in [2.05, 4.69) is 34.6 Å². The summed E-state index contributed by atoms with van der Waals surface area (Å²) in [7, 11) is 0. The molecule has 2 N–H and O–H groups in total. The SMILES string of the molecule is CCC(CC)n1nc(C)cc1C(=O)Nc1nc(-c2ccc(CCNC(C)=O)cc2)cs1. The minimum Gasteiger partial charge on any atom is -0.356 e. The van der Waals surface area contributed by atoms with E-state index in [1.807, 2.05) is 47.3 Å². The topological polar surface area (TPSA) is 88.9 Å². The van der Waals surface area contributed by atoms with Crippen LogP contribution in [0.1, 0.15) is 61.4 Å². The van der Waals surface area contributed by atoms with E-state index in [9.17, 15) is 9.59 Å². The van der Waals surface area contributed by atoms with Crippen molar-refractivity contribution in [2.75, 3.05) is 11.9 Å². The summed E-state index contributed by atoms with van der Waals surface area (Å²) in [6.45, 7) is 8.24. The molecule has 1 aromatic carbocycles. The van der Waals surface area contributed by atoms with Gasteiger partial charge in [-0.3, -0.25) is 19.6 Å². The number of carbonyl (C=O) groups is 2. The predicted octanol–water partition coefficient (Wildman–Crippen LogP) is 4.61. The molecule has 0 bridgehead atoms. The Hall–Kier alpha value is -3.00. The summed E-state index contributed by atoms with van der Waals surface area (Å²) < 4.78 is 1.83. The van der Waals surface area contributed by atoms with Gasteiger partial charge < -0.3 is 5.32 Å². The summed E-state index contributed by atoms with van der Waals surface area (Å²) in [6, 6.07) is 10.1. The van der Waals surface area contributed by atoms with Gasteiger partial charge in [0.1, 0.15) is 5.69 Å². The zero-order chi connectivity index (χ0) is 22.4. The molecule has 0 unspecified atom stereocenters. The molecule has 3 rings (SSSR count). The highest BCUT2D eigenvalue weighted by Crippen LogP contribution is 2.26. The largest absolute Gasteiger partial charge is 0.356 e. The van der Waals surface area contributed by atoms with Crippen molar-refractivity contribution >= 4 is 28.3 Å². The maximum atomic E-state index is 12.9. The van der Waals surface area contributed by atoms with Crippen LogP contribution in [-0.2, 0) is 11.2 Å². The molecule has 0 aliphatic heterocycles. The number of rotatable bonds is 9. The molecule has 0 aliphatic carbocycles. The molecule has 0 saturated heterocycles. The minimum absolute atomic E-state index is 0.0215. The lowest BCUT2D eigenvalue weighted by molar-refractivity contribution is -0.118. The zero-order valence-corrected chi connectivity index (χ0v) is 19.3. The highest BCUT2D eigenvalue weighted by Gasteiger charge is 2.20. The second kappa shape index (κ2) is 10.3. The molecular formula is C23H29N5O2S. The third-order valence-corrected chi connectivity index (χ3v) is 5.90. The number of nitrogens with one attached hydrogen (secondary N) is 2. The van der Waals surface area contributed by atoms with E-state index >= 15 is 0 Å². The molecule has 0 spiro atoms.